The third-order valence-corrected chi connectivity index (χ3v) is 4.75. The van der Waals surface area contributed by atoms with Crippen molar-refractivity contribution in [3.8, 4) is 23.0 Å². The molecule has 150 valence electrons. The highest BCUT2D eigenvalue weighted by Gasteiger charge is 2.12. The van der Waals surface area contributed by atoms with Crippen molar-refractivity contribution in [3.05, 3.63) is 47.5 Å². The molecule has 0 saturated heterocycles. The maximum Gasteiger partial charge on any atom is 0.250 e. The van der Waals surface area contributed by atoms with Crippen LogP contribution in [0.25, 0.3) is 0 Å². The molecule has 2 rings (SSSR count). The first-order valence-corrected chi connectivity index (χ1v) is 9.59. The number of hydrogen-bond donors (Lipinski definition) is 1. The number of rotatable bonds is 10. The highest BCUT2D eigenvalue weighted by Crippen LogP contribution is 2.37. The number of hydrogen-bond acceptors (Lipinski definition) is 7. The average Bonchev–Trinajstić information content (AvgIpc) is 2.73. The van der Waals surface area contributed by atoms with Crippen LogP contribution in [0.1, 0.15) is 11.1 Å². The number of benzene rings is 2. The van der Waals surface area contributed by atoms with E-state index in [2.05, 4.69) is 10.5 Å². The molecule has 0 heterocycles. The molecule has 7 nitrogen and oxygen atoms in total. The van der Waals surface area contributed by atoms with Crippen molar-refractivity contribution in [3.63, 3.8) is 0 Å². The molecule has 0 bridgehead atoms. The van der Waals surface area contributed by atoms with Gasteiger partial charge in [-0.05, 0) is 29.8 Å². The van der Waals surface area contributed by atoms with Crippen molar-refractivity contribution in [1.29, 1.82) is 0 Å². The molecule has 0 unspecified atom stereocenters. The minimum Gasteiger partial charge on any atom is -0.497 e. The summed E-state index contributed by atoms with van der Waals surface area (Å²) < 4.78 is 21.0. The number of amides is 1. The van der Waals surface area contributed by atoms with Crippen LogP contribution < -0.4 is 24.4 Å². The Morgan fingerprint density at radius 3 is 2.18 bits per heavy atom. The Bertz CT molecular complexity index is 784. The van der Waals surface area contributed by atoms with Crippen LogP contribution in [-0.2, 0) is 10.5 Å². The van der Waals surface area contributed by atoms with E-state index in [4.69, 9.17) is 18.9 Å². The Kier molecular flexibility index (Phi) is 8.48. The molecule has 0 aromatic heterocycles. The number of carbonyl (C=O) groups excluding carboxylic acids is 1. The first-order valence-electron chi connectivity index (χ1n) is 8.43. The number of thioether (sulfide) groups is 1. The topological polar surface area (TPSA) is 78.4 Å². The van der Waals surface area contributed by atoms with Crippen molar-refractivity contribution in [1.82, 2.24) is 5.43 Å². The minimum atomic E-state index is -0.179. The highest BCUT2D eigenvalue weighted by atomic mass is 32.2. The van der Waals surface area contributed by atoms with Crippen LogP contribution >= 0.6 is 11.8 Å². The summed E-state index contributed by atoms with van der Waals surface area (Å²) in [5, 5.41) is 3.99. The fraction of sp³-hybridized carbons (Fsp3) is 0.300. The molecule has 1 amide bonds. The quantitative estimate of drug-likeness (QED) is 0.484. The van der Waals surface area contributed by atoms with Crippen LogP contribution in [-0.4, -0.2) is 46.3 Å². The van der Waals surface area contributed by atoms with Gasteiger partial charge in [-0.3, -0.25) is 4.79 Å². The average molecular weight is 404 g/mol. The zero-order valence-corrected chi connectivity index (χ0v) is 17.2. The van der Waals surface area contributed by atoms with E-state index < -0.39 is 0 Å². The second kappa shape index (κ2) is 11.1. The Hall–Kier alpha value is -2.87. The highest BCUT2D eigenvalue weighted by molar-refractivity contribution is 7.99. The zero-order chi connectivity index (χ0) is 20.4. The molecule has 0 aliphatic rings. The predicted octanol–water partition coefficient (Wildman–Crippen LogP) is 3.10. The molecule has 0 spiro atoms. The van der Waals surface area contributed by atoms with E-state index in [1.807, 2.05) is 24.3 Å². The van der Waals surface area contributed by atoms with Gasteiger partial charge in [0.2, 0.25) is 11.7 Å². The Balaban J connectivity index is 1.85. The Morgan fingerprint density at radius 2 is 1.64 bits per heavy atom. The molecular formula is C20H24N2O5S. The fourth-order valence-corrected chi connectivity index (χ4v) is 3.15. The van der Waals surface area contributed by atoms with E-state index in [0.29, 0.717) is 28.6 Å². The summed E-state index contributed by atoms with van der Waals surface area (Å²) in [5.74, 6) is 3.21. The van der Waals surface area contributed by atoms with E-state index in [0.717, 1.165) is 17.1 Å². The van der Waals surface area contributed by atoms with Gasteiger partial charge in [-0.25, -0.2) is 5.43 Å². The lowest BCUT2D eigenvalue weighted by atomic mass is 10.2. The number of methoxy groups -OCH3 is 4. The third kappa shape index (κ3) is 6.09. The van der Waals surface area contributed by atoms with Gasteiger partial charge in [-0.15, -0.1) is 11.8 Å². The first-order chi connectivity index (χ1) is 13.6. The maximum absolute atomic E-state index is 11.9. The third-order valence-electron chi connectivity index (χ3n) is 3.75. The van der Waals surface area contributed by atoms with Crippen LogP contribution in [0.2, 0.25) is 0 Å². The SMILES string of the molecule is COc1ccc(CSCC(=O)N/N=C/c2cc(OC)c(OC)c(OC)c2)cc1. The van der Waals surface area contributed by atoms with Crippen molar-refractivity contribution < 1.29 is 23.7 Å². The van der Waals surface area contributed by atoms with Crippen molar-refractivity contribution in [2.45, 2.75) is 5.75 Å². The molecule has 0 atom stereocenters. The minimum absolute atomic E-state index is 0.179. The molecule has 28 heavy (non-hydrogen) atoms. The number of carbonyl (C=O) groups is 1. The van der Waals surface area contributed by atoms with E-state index >= 15 is 0 Å². The molecule has 0 radical (unpaired) electrons. The van der Waals surface area contributed by atoms with Crippen molar-refractivity contribution in [2.24, 2.45) is 5.10 Å². The largest absolute Gasteiger partial charge is 0.497 e. The standard InChI is InChI=1S/C20H24N2O5S/c1-24-16-7-5-14(6-8-16)12-28-13-19(23)22-21-11-15-9-17(25-2)20(27-4)18(10-15)26-3/h5-11H,12-13H2,1-4H3,(H,22,23)/b21-11+. The van der Waals surface area contributed by atoms with Crippen LogP contribution in [0, 0.1) is 0 Å². The molecule has 0 aliphatic carbocycles. The molecule has 1 N–H and O–H groups in total. The van der Waals surface area contributed by atoms with E-state index in [1.54, 1.807) is 33.5 Å². The molecular weight excluding hydrogens is 380 g/mol. The first kappa shape index (κ1) is 21.4. The van der Waals surface area contributed by atoms with Crippen LogP contribution in [0.3, 0.4) is 0 Å². The molecule has 2 aromatic carbocycles. The molecule has 0 fully saturated rings. The summed E-state index contributed by atoms with van der Waals surface area (Å²) in [6.07, 6.45) is 1.52. The molecule has 2 aromatic rings. The van der Waals surface area contributed by atoms with Gasteiger partial charge in [0, 0.05) is 11.3 Å². The smallest absolute Gasteiger partial charge is 0.250 e. The lowest BCUT2D eigenvalue weighted by molar-refractivity contribution is -0.118. The van der Waals surface area contributed by atoms with Gasteiger partial charge in [0.15, 0.2) is 11.5 Å². The van der Waals surface area contributed by atoms with Crippen molar-refractivity contribution in [2.75, 3.05) is 34.2 Å². The van der Waals surface area contributed by atoms with E-state index in [9.17, 15) is 4.79 Å². The lowest BCUT2D eigenvalue weighted by Crippen LogP contribution is -2.19. The predicted molar refractivity (Wildman–Crippen MR) is 111 cm³/mol. The Labute approximate surface area is 169 Å². The zero-order valence-electron chi connectivity index (χ0n) is 16.4. The number of ether oxygens (including phenoxy) is 4. The summed E-state index contributed by atoms with van der Waals surface area (Å²) in [7, 11) is 6.25. The summed E-state index contributed by atoms with van der Waals surface area (Å²) in [4.78, 5) is 11.9. The maximum atomic E-state index is 11.9. The second-order valence-corrected chi connectivity index (χ2v) is 6.58. The summed E-state index contributed by atoms with van der Waals surface area (Å²) in [6, 6.07) is 11.2. The van der Waals surface area contributed by atoms with Gasteiger partial charge < -0.3 is 18.9 Å². The van der Waals surface area contributed by atoms with Crippen LogP contribution in [0.5, 0.6) is 23.0 Å². The van der Waals surface area contributed by atoms with E-state index in [1.165, 1.54) is 25.1 Å². The fourth-order valence-electron chi connectivity index (χ4n) is 2.37. The lowest BCUT2D eigenvalue weighted by Gasteiger charge is -2.12. The number of nitrogens with zero attached hydrogens (tertiary/aromatic N) is 1. The van der Waals surface area contributed by atoms with Gasteiger partial charge in [0.05, 0.1) is 40.4 Å². The number of hydrazone groups is 1. The van der Waals surface area contributed by atoms with Gasteiger partial charge in [-0.1, -0.05) is 12.1 Å². The van der Waals surface area contributed by atoms with Crippen molar-refractivity contribution >= 4 is 23.9 Å². The molecule has 0 saturated carbocycles. The molecule has 0 aliphatic heterocycles. The second-order valence-electron chi connectivity index (χ2n) is 5.59. The van der Waals surface area contributed by atoms with Gasteiger partial charge in [-0.2, -0.15) is 5.10 Å². The van der Waals surface area contributed by atoms with Gasteiger partial charge >= 0.3 is 0 Å². The van der Waals surface area contributed by atoms with Crippen LogP contribution in [0.15, 0.2) is 41.5 Å². The monoisotopic (exact) mass is 404 g/mol. The van der Waals surface area contributed by atoms with Gasteiger partial charge in [0.1, 0.15) is 5.75 Å². The van der Waals surface area contributed by atoms with E-state index in [-0.39, 0.29) is 5.91 Å². The van der Waals surface area contributed by atoms with Gasteiger partial charge in [0.25, 0.3) is 0 Å². The summed E-state index contributed by atoms with van der Waals surface area (Å²) >= 11 is 1.51. The molecule has 8 heteroatoms. The summed E-state index contributed by atoms with van der Waals surface area (Å²) in [6.45, 7) is 0. The Morgan fingerprint density at radius 1 is 1.00 bits per heavy atom. The number of nitrogens with one attached hydrogen (secondary N) is 1. The van der Waals surface area contributed by atoms with Crippen LogP contribution in [0.4, 0.5) is 0 Å². The summed E-state index contributed by atoms with van der Waals surface area (Å²) in [5.41, 5.74) is 4.35. The normalized spacial score (nSPS) is 10.6.